The van der Waals surface area contributed by atoms with Crippen molar-refractivity contribution in [2.75, 3.05) is 5.75 Å². The van der Waals surface area contributed by atoms with Gasteiger partial charge in [0.2, 0.25) is 0 Å². The Kier molecular flexibility index (Phi) is 5.39. The third kappa shape index (κ3) is 3.46. The molecule has 0 unspecified atom stereocenters. The van der Waals surface area contributed by atoms with Crippen molar-refractivity contribution in [2.45, 2.75) is 51.5 Å². The number of thiophene rings is 1. The molecule has 6 heteroatoms. The highest BCUT2D eigenvalue weighted by atomic mass is 32.2. The van der Waals surface area contributed by atoms with Crippen LogP contribution in [0.15, 0.2) is 40.3 Å². The van der Waals surface area contributed by atoms with E-state index in [2.05, 4.69) is 20.8 Å². The van der Waals surface area contributed by atoms with Gasteiger partial charge < -0.3 is 4.74 Å². The van der Waals surface area contributed by atoms with Gasteiger partial charge in [0, 0.05) is 17.1 Å². The Morgan fingerprint density at radius 1 is 1.33 bits per heavy atom. The van der Waals surface area contributed by atoms with Crippen LogP contribution in [0.3, 0.4) is 0 Å². The van der Waals surface area contributed by atoms with E-state index in [9.17, 15) is 4.79 Å². The van der Waals surface area contributed by atoms with Gasteiger partial charge in [0.05, 0.1) is 23.8 Å². The standard InChI is InChI=1S/C21H24N2O2S2/c1-4-10-26-21-22-19-18(20(24)23(21)14-8-6-5-7-9-14)15-11-16(13(2)3)25-12-17(15)27-19/h5-9,13,16H,4,10-12H2,1-3H3/t16-/m0/s1. The quantitative estimate of drug-likeness (QED) is 0.444. The summed E-state index contributed by atoms with van der Waals surface area (Å²) in [6.07, 6.45) is 1.99. The molecular weight excluding hydrogens is 376 g/mol. The maximum Gasteiger partial charge on any atom is 0.267 e. The number of benzene rings is 1. The number of nitrogens with zero attached hydrogens (tertiary/aromatic N) is 2. The zero-order valence-electron chi connectivity index (χ0n) is 15.9. The molecule has 142 valence electrons. The highest BCUT2D eigenvalue weighted by molar-refractivity contribution is 7.99. The van der Waals surface area contributed by atoms with Gasteiger partial charge in [0.1, 0.15) is 4.83 Å². The molecular formula is C21H24N2O2S2. The number of thioether (sulfide) groups is 1. The molecule has 4 nitrogen and oxygen atoms in total. The van der Waals surface area contributed by atoms with Crippen LogP contribution in [0, 0.1) is 5.92 Å². The van der Waals surface area contributed by atoms with Crippen molar-refractivity contribution in [2.24, 2.45) is 5.92 Å². The zero-order valence-corrected chi connectivity index (χ0v) is 17.5. The van der Waals surface area contributed by atoms with Gasteiger partial charge in [-0.1, -0.05) is 50.7 Å². The van der Waals surface area contributed by atoms with Crippen molar-refractivity contribution in [1.29, 1.82) is 0 Å². The van der Waals surface area contributed by atoms with Crippen LogP contribution >= 0.6 is 23.1 Å². The summed E-state index contributed by atoms with van der Waals surface area (Å²) in [5, 5.41) is 1.56. The minimum atomic E-state index is 0.0479. The number of ether oxygens (including phenoxy) is 1. The number of para-hydroxylation sites is 1. The lowest BCUT2D eigenvalue weighted by Gasteiger charge is -2.26. The van der Waals surface area contributed by atoms with Gasteiger partial charge in [-0.2, -0.15) is 0 Å². The molecule has 0 saturated carbocycles. The fourth-order valence-corrected chi connectivity index (χ4v) is 5.46. The third-order valence-electron chi connectivity index (χ3n) is 4.90. The Hall–Kier alpha value is -1.63. The Labute approximate surface area is 167 Å². The number of hydrogen-bond donors (Lipinski definition) is 0. The van der Waals surface area contributed by atoms with E-state index in [0.29, 0.717) is 12.5 Å². The Morgan fingerprint density at radius 2 is 2.11 bits per heavy atom. The van der Waals surface area contributed by atoms with E-state index in [4.69, 9.17) is 9.72 Å². The Morgan fingerprint density at radius 3 is 2.81 bits per heavy atom. The topological polar surface area (TPSA) is 44.1 Å². The maximum atomic E-state index is 13.6. The average Bonchev–Trinajstić information content (AvgIpc) is 3.04. The van der Waals surface area contributed by atoms with Gasteiger partial charge in [-0.3, -0.25) is 9.36 Å². The van der Waals surface area contributed by atoms with E-state index in [1.807, 2.05) is 30.3 Å². The van der Waals surface area contributed by atoms with Crippen LogP contribution in [0.2, 0.25) is 0 Å². The third-order valence-corrected chi connectivity index (χ3v) is 7.15. The molecule has 27 heavy (non-hydrogen) atoms. The summed E-state index contributed by atoms with van der Waals surface area (Å²) in [5.41, 5.74) is 2.07. The second kappa shape index (κ2) is 7.78. The molecule has 0 aliphatic carbocycles. The molecule has 0 amide bonds. The molecule has 3 heterocycles. The van der Waals surface area contributed by atoms with Gasteiger partial charge in [0.15, 0.2) is 5.16 Å². The lowest BCUT2D eigenvalue weighted by molar-refractivity contribution is 0.00200. The van der Waals surface area contributed by atoms with Crippen molar-refractivity contribution >= 4 is 33.3 Å². The summed E-state index contributed by atoms with van der Waals surface area (Å²) in [6, 6.07) is 9.85. The van der Waals surface area contributed by atoms with Crippen molar-refractivity contribution in [1.82, 2.24) is 9.55 Å². The molecule has 0 saturated heterocycles. The molecule has 0 radical (unpaired) electrons. The van der Waals surface area contributed by atoms with Crippen LogP contribution in [0.4, 0.5) is 0 Å². The molecule has 0 N–H and O–H groups in total. The summed E-state index contributed by atoms with van der Waals surface area (Å²) in [5.74, 6) is 1.37. The van der Waals surface area contributed by atoms with Crippen LogP contribution in [-0.4, -0.2) is 21.4 Å². The lowest BCUT2D eigenvalue weighted by Crippen LogP contribution is -2.28. The molecule has 1 aromatic carbocycles. The highest BCUT2D eigenvalue weighted by Gasteiger charge is 2.28. The summed E-state index contributed by atoms with van der Waals surface area (Å²) < 4.78 is 7.80. The van der Waals surface area contributed by atoms with Crippen molar-refractivity contribution in [3.8, 4) is 5.69 Å². The Balaban J connectivity index is 1.93. The van der Waals surface area contributed by atoms with Crippen molar-refractivity contribution in [3.63, 3.8) is 0 Å². The van der Waals surface area contributed by atoms with Gasteiger partial charge >= 0.3 is 0 Å². The van der Waals surface area contributed by atoms with Crippen LogP contribution in [-0.2, 0) is 17.8 Å². The minimum Gasteiger partial charge on any atom is -0.372 e. The van der Waals surface area contributed by atoms with Crippen LogP contribution in [0.1, 0.15) is 37.6 Å². The van der Waals surface area contributed by atoms with Crippen molar-refractivity contribution in [3.05, 3.63) is 51.1 Å². The molecule has 1 aliphatic heterocycles. The zero-order chi connectivity index (χ0) is 19.0. The largest absolute Gasteiger partial charge is 0.372 e. The van der Waals surface area contributed by atoms with Gasteiger partial charge in [-0.05, 0) is 30.0 Å². The van der Waals surface area contributed by atoms with Gasteiger partial charge in [0.25, 0.3) is 5.56 Å². The monoisotopic (exact) mass is 400 g/mol. The second-order valence-electron chi connectivity index (χ2n) is 7.20. The van der Waals surface area contributed by atoms with Gasteiger partial charge in [-0.25, -0.2) is 4.98 Å². The Bertz CT molecular complexity index is 1010. The van der Waals surface area contributed by atoms with E-state index in [1.165, 1.54) is 0 Å². The first-order valence-electron chi connectivity index (χ1n) is 9.47. The van der Waals surface area contributed by atoms with Crippen molar-refractivity contribution < 1.29 is 4.74 Å². The van der Waals surface area contributed by atoms with E-state index in [-0.39, 0.29) is 11.7 Å². The summed E-state index contributed by atoms with van der Waals surface area (Å²) in [7, 11) is 0. The summed E-state index contributed by atoms with van der Waals surface area (Å²) in [4.78, 5) is 20.5. The second-order valence-corrected chi connectivity index (χ2v) is 9.35. The predicted molar refractivity (Wildman–Crippen MR) is 113 cm³/mol. The van der Waals surface area contributed by atoms with Gasteiger partial charge in [-0.15, -0.1) is 11.3 Å². The molecule has 4 rings (SSSR count). The maximum absolute atomic E-state index is 13.6. The van der Waals surface area contributed by atoms with E-state index in [1.54, 1.807) is 27.7 Å². The first-order valence-corrected chi connectivity index (χ1v) is 11.3. The number of fused-ring (bicyclic) bond motifs is 3. The fourth-order valence-electron chi connectivity index (χ4n) is 3.43. The number of rotatable bonds is 5. The minimum absolute atomic E-state index is 0.0479. The molecule has 3 aromatic rings. The lowest BCUT2D eigenvalue weighted by atomic mass is 9.96. The predicted octanol–water partition coefficient (Wildman–Crippen LogP) is 5.05. The average molecular weight is 401 g/mol. The molecule has 1 aliphatic rings. The highest BCUT2D eigenvalue weighted by Crippen LogP contribution is 2.36. The summed E-state index contributed by atoms with van der Waals surface area (Å²) >= 11 is 3.27. The van der Waals surface area contributed by atoms with E-state index >= 15 is 0 Å². The SMILES string of the molecule is CCCSc1nc2sc3c(c2c(=O)n1-c1ccccc1)C[C@@H](C(C)C)OC3. The van der Waals surface area contributed by atoms with Crippen LogP contribution < -0.4 is 5.56 Å². The number of hydrogen-bond acceptors (Lipinski definition) is 5. The van der Waals surface area contributed by atoms with Crippen LogP contribution in [0.25, 0.3) is 15.9 Å². The smallest absolute Gasteiger partial charge is 0.267 e. The normalized spacial score (nSPS) is 16.8. The molecule has 0 bridgehead atoms. The first kappa shape index (κ1) is 18.7. The molecule has 2 aromatic heterocycles. The first-order chi connectivity index (χ1) is 13.1. The van der Waals surface area contributed by atoms with E-state index in [0.717, 1.165) is 50.1 Å². The van der Waals surface area contributed by atoms with Crippen LogP contribution in [0.5, 0.6) is 0 Å². The number of aromatic nitrogens is 2. The van der Waals surface area contributed by atoms with E-state index < -0.39 is 0 Å². The summed E-state index contributed by atoms with van der Waals surface area (Å²) in [6.45, 7) is 7.07. The molecule has 0 spiro atoms. The molecule has 1 atom stereocenters. The molecule has 0 fully saturated rings. The fraction of sp³-hybridized carbons (Fsp3) is 0.429.